The van der Waals surface area contributed by atoms with E-state index in [9.17, 15) is 40.9 Å². The summed E-state index contributed by atoms with van der Waals surface area (Å²) in [6.45, 7) is 0. The smallest absolute Gasteiger partial charge is 0.204 e. The van der Waals surface area contributed by atoms with Crippen molar-refractivity contribution in [1.29, 1.82) is 0 Å². The van der Waals surface area contributed by atoms with Crippen LogP contribution in [0.25, 0.3) is 109 Å². The number of aromatic hydroxyl groups is 8. The van der Waals surface area contributed by atoms with Gasteiger partial charge in [-0.05, 0) is 91.0 Å². The molecule has 11 aromatic rings. The molecule has 9 heteroatoms. The van der Waals surface area contributed by atoms with Crippen molar-refractivity contribution < 1.29 is 45.3 Å². The Labute approximate surface area is 333 Å². The predicted octanol–water partition coefficient (Wildman–Crippen LogP) is 12.0. The van der Waals surface area contributed by atoms with Crippen LogP contribution in [-0.2, 0) is 0 Å². The highest BCUT2D eigenvalue weighted by Crippen LogP contribution is 2.62. The maximum Gasteiger partial charge on any atom is 0.204 e. The molecule has 0 aliphatic rings. The highest BCUT2D eigenvalue weighted by molar-refractivity contribution is 6.29. The number of benzene rings is 10. The van der Waals surface area contributed by atoms with Crippen molar-refractivity contribution in [3.05, 3.63) is 133 Å². The minimum Gasteiger partial charge on any atom is -0.504 e. The zero-order valence-corrected chi connectivity index (χ0v) is 30.7. The monoisotopic (exact) mass is 774 g/mol. The summed E-state index contributed by atoms with van der Waals surface area (Å²) in [6, 6.07) is 42.1. The lowest BCUT2D eigenvalue weighted by molar-refractivity contribution is 0.350. The number of hydrogen-bond donors (Lipinski definition) is 8. The average molecular weight is 775 g/mol. The van der Waals surface area contributed by atoms with Crippen LogP contribution >= 0.6 is 0 Å². The third kappa shape index (κ3) is 4.73. The SMILES string of the molecule is Oc1c(O)c(O)c2c(-c3ccc4oc5cc6ccccc6cc5c4c3)c3c(O)c(O)c(O)c(O)c3c(-c3cccc(-c4ccc5ccc6ccccc6c5c4)c3)c2c1O. The molecule has 0 saturated heterocycles. The first-order chi connectivity index (χ1) is 28.6. The number of furan rings is 1. The highest BCUT2D eigenvalue weighted by atomic mass is 16.4. The highest BCUT2D eigenvalue weighted by Gasteiger charge is 2.32. The van der Waals surface area contributed by atoms with Crippen LogP contribution in [0.1, 0.15) is 0 Å². The molecule has 0 atom stereocenters. The lowest BCUT2D eigenvalue weighted by atomic mass is 9.83. The van der Waals surface area contributed by atoms with Crippen LogP contribution in [0.4, 0.5) is 0 Å². The molecule has 0 unspecified atom stereocenters. The van der Waals surface area contributed by atoms with Gasteiger partial charge in [0, 0.05) is 43.4 Å². The number of phenolic OH excluding ortho intramolecular Hbond substituents is 8. The van der Waals surface area contributed by atoms with Gasteiger partial charge >= 0.3 is 0 Å². The molecule has 0 aliphatic heterocycles. The molecule has 1 heterocycles. The number of hydrogen-bond acceptors (Lipinski definition) is 9. The van der Waals surface area contributed by atoms with Crippen LogP contribution in [0, 0.1) is 0 Å². The van der Waals surface area contributed by atoms with Gasteiger partial charge in [0.05, 0.1) is 0 Å². The van der Waals surface area contributed by atoms with E-state index in [1.165, 1.54) is 0 Å². The fourth-order valence-electron chi connectivity index (χ4n) is 8.85. The standard InChI is InChI=1S/C50H30O9/c51-43-39-37(29-10-5-9-25(18-29)28-15-14-24-13-12-23-6-3-4-11-31(23)32(24)19-28)40-42(46(54)50(58)48(56)44(40)52)38(41(39)45(53)49(57)47(43)55)30-16-17-35-33(21-30)34-20-26-7-1-2-8-27(26)22-36(34)59-35/h1-22,51-58H. The second-order valence-electron chi connectivity index (χ2n) is 14.9. The Morgan fingerprint density at radius 3 is 1.34 bits per heavy atom. The maximum atomic E-state index is 11.8. The van der Waals surface area contributed by atoms with Gasteiger partial charge in [0.25, 0.3) is 0 Å². The molecule has 0 spiro atoms. The van der Waals surface area contributed by atoms with Gasteiger partial charge < -0.3 is 45.3 Å². The van der Waals surface area contributed by atoms with E-state index in [4.69, 9.17) is 4.42 Å². The Balaban J connectivity index is 1.25. The molecule has 0 fully saturated rings. The molecule has 8 N–H and O–H groups in total. The summed E-state index contributed by atoms with van der Waals surface area (Å²) in [4.78, 5) is 0. The van der Waals surface area contributed by atoms with E-state index in [0.29, 0.717) is 33.2 Å². The second kappa shape index (κ2) is 12.1. The molecule has 9 nitrogen and oxygen atoms in total. The van der Waals surface area contributed by atoms with Gasteiger partial charge in [0.1, 0.15) is 11.2 Å². The predicted molar refractivity (Wildman–Crippen MR) is 231 cm³/mol. The number of rotatable bonds is 3. The van der Waals surface area contributed by atoms with Crippen LogP contribution in [-0.4, -0.2) is 40.9 Å². The summed E-state index contributed by atoms with van der Waals surface area (Å²) < 4.78 is 6.23. The minimum absolute atomic E-state index is 0.0284. The molecule has 11 rings (SSSR count). The Morgan fingerprint density at radius 2 is 0.712 bits per heavy atom. The molecule has 0 amide bonds. The summed E-state index contributed by atoms with van der Waals surface area (Å²) >= 11 is 0. The van der Waals surface area contributed by atoms with Crippen molar-refractivity contribution >= 4 is 75.8 Å². The second-order valence-corrected chi connectivity index (χ2v) is 14.9. The van der Waals surface area contributed by atoms with Crippen molar-refractivity contribution in [1.82, 2.24) is 0 Å². The van der Waals surface area contributed by atoms with E-state index in [1.54, 1.807) is 36.4 Å². The first-order valence-electron chi connectivity index (χ1n) is 18.7. The zero-order valence-electron chi connectivity index (χ0n) is 30.7. The first kappa shape index (κ1) is 34.0. The third-order valence-electron chi connectivity index (χ3n) is 11.7. The van der Waals surface area contributed by atoms with Gasteiger partial charge in [0.2, 0.25) is 23.0 Å². The molecular weight excluding hydrogens is 745 g/mol. The summed E-state index contributed by atoms with van der Waals surface area (Å²) in [6.07, 6.45) is 0. The zero-order chi connectivity index (χ0) is 40.4. The largest absolute Gasteiger partial charge is 0.504 e. The summed E-state index contributed by atoms with van der Waals surface area (Å²) in [7, 11) is 0. The molecule has 10 aromatic carbocycles. The fourth-order valence-corrected chi connectivity index (χ4v) is 8.85. The van der Waals surface area contributed by atoms with Crippen molar-refractivity contribution in [3.8, 4) is 79.4 Å². The van der Waals surface area contributed by atoms with E-state index in [-0.39, 0.29) is 32.7 Å². The van der Waals surface area contributed by atoms with Crippen molar-refractivity contribution in [2.45, 2.75) is 0 Å². The van der Waals surface area contributed by atoms with Crippen LogP contribution in [0.3, 0.4) is 0 Å². The van der Waals surface area contributed by atoms with E-state index in [0.717, 1.165) is 43.3 Å². The number of phenols is 8. The van der Waals surface area contributed by atoms with Gasteiger partial charge in [-0.25, -0.2) is 0 Å². The van der Waals surface area contributed by atoms with E-state index >= 15 is 0 Å². The third-order valence-corrected chi connectivity index (χ3v) is 11.7. The molecule has 0 saturated carbocycles. The normalized spacial score (nSPS) is 11.9. The number of fused-ring (bicyclic) bond motifs is 9. The van der Waals surface area contributed by atoms with Crippen molar-refractivity contribution in [2.24, 2.45) is 0 Å². The molecular formula is C50H30O9. The van der Waals surface area contributed by atoms with Crippen molar-refractivity contribution in [2.75, 3.05) is 0 Å². The fraction of sp³-hybridized carbons (Fsp3) is 0. The lowest BCUT2D eigenvalue weighted by Crippen LogP contribution is -1.95. The van der Waals surface area contributed by atoms with E-state index in [2.05, 4.69) is 24.3 Å². The molecule has 59 heavy (non-hydrogen) atoms. The quantitative estimate of drug-likeness (QED) is 0.0376. The molecule has 284 valence electrons. The Morgan fingerprint density at radius 1 is 0.271 bits per heavy atom. The van der Waals surface area contributed by atoms with Gasteiger partial charge in [-0.3, -0.25) is 0 Å². The Bertz CT molecular complexity index is 3580. The first-order valence-corrected chi connectivity index (χ1v) is 18.7. The molecule has 0 radical (unpaired) electrons. The Hall–Kier alpha value is -8.30. The Kier molecular flexibility index (Phi) is 6.97. The van der Waals surface area contributed by atoms with E-state index < -0.39 is 46.0 Å². The van der Waals surface area contributed by atoms with Gasteiger partial charge in [-0.15, -0.1) is 0 Å². The summed E-state index contributed by atoms with van der Waals surface area (Å²) in [5.74, 6) is -7.52. The van der Waals surface area contributed by atoms with Crippen molar-refractivity contribution in [3.63, 3.8) is 0 Å². The lowest BCUT2D eigenvalue weighted by Gasteiger charge is -2.22. The molecule has 0 bridgehead atoms. The van der Waals surface area contributed by atoms with Crippen LogP contribution in [0.15, 0.2) is 138 Å². The summed E-state index contributed by atoms with van der Waals surface area (Å²) in [5.41, 5.74) is 3.21. The summed E-state index contributed by atoms with van der Waals surface area (Å²) in [5, 5.41) is 98.2. The van der Waals surface area contributed by atoms with E-state index in [1.807, 2.05) is 72.8 Å². The topological polar surface area (TPSA) is 175 Å². The molecule has 1 aromatic heterocycles. The minimum atomic E-state index is -1.04. The van der Waals surface area contributed by atoms with Crippen LogP contribution < -0.4 is 0 Å². The van der Waals surface area contributed by atoms with Gasteiger partial charge in [0.15, 0.2) is 23.0 Å². The van der Waals surface area contributed by atoms with Crippen LogP contribution in [0.5, 0.6) is 46.0 Å². The molecule has 0 aliphatic carbocycles. The average Bonchev–Trinajstić information content (AvgIpc) is 3.63. The van der Waals surface area contributed by atoms with Gasteiger partial charge in [-0.1, -0.05) is 97.1 Å². The van der Waals surface area contributed by atoms with Gasteiger partial charge in [-0.2, -0.15) is 0 Å². The maximum absolute atomic E-state index is 11.8. The van der Waals surface area contributed by atoms with Crippen LogP contribution in [0.2, 0.25) is 0 Å².